The topological polar surface area (TPSA) is 40.5 Å². The normalized spacial score (nSPS) is 13.7. The highest BCUT2D eigenvalue weighted by atomic mass is 16.3. The van der Waals surface area contributed by atoms with Gasteiger partial charge >= 0.3 is 0 Å². The molecule has 1 aromatic rings. The Morgan fingerprint density at radius 3 is 2.00 bits per heavy atom. The molecule has 0 aliphatic carbocycles. The molecule has 0 spiro atoms. The van der Waals surface area contributed by atoms with E-state index in [1.54, 1.807) is 0 Å². The van der Waals surface area contributed by atoms with Crippen LogP contribution in [-0.4, -0.2) is 15.8 Å². The number of hydrogen-bond donors (Lipinski definition) is 2. The summed E-state index contributed by atoms with van der Waals surface area (Å²) in [6.45, 7) is 5.95. The van der Waals surface area contributed by atoms with Gasteiger partial charge in [-0.05, 0) is 30.4 Å². The second-order valence-electron chi connectivity index (χ2n) is 4.70. The lowest BCUT2D eigenvalue weighted by molar-refractivity contribution is -0.0820. The van der Waals surface area contributed by atoms with E-state index in [9.17, 15) is 10.2 Å². The molecule has 0 saturated heterocycles. The van der Waals surface area contributed by atoms with Crippen LogP contribution in [0.3, 0.4) is 0 Å². The maximum atomic E-state index is 10.3. The standard InChI is InChI=1S/C15H24O2/c1-4-7-12-8-10-13(11-9-12)14(16)15(17,5-2)6-3/h8-11,14,16-17H,4-7H2,1-3H3. The molecule has 0 heterocycles. The second-order valence-corrected chi connectivity index (χ2v) is 4.70. The third-order valence-corrected chi connectivity index (χ3v) is 3.57. The highest BCUT2D eigenvalue weighted by molar-refractivity contribution is 5.26. The van der Waals surface area contributed by atoms with Gasteiger partial charge in [0.1, 0.15) is 6.10 Å². The van der Waals surface area contributed by atoms with Crippen LogP contribution >= 0.6 is 0 Å². The van der Waals surface area contributed by atoms with Crippen molar-refractivity contribution in [2.24, 2.45) is 0 Å². The molecule has 2 N–H and O–H groups in total. The fourth-order valence-electron chi connectivity index (χ4n) is 2.10. The van der Waals surface area contributed by atoms with E-state index in [-0.39, 0.29) is 0 Å². The first kappa shape index (κ1) is 14.2. The summed E-state index contributed by atoms with van der Waals surface area (Å²) in [5.41, 5.74) is 1.07. The van der Waals surface area contributed by atoms with Gasteiger partial charge in [-0.2, -0.15) is 0 Å². The van der Waals surface area contributed by atoms with Crippen LogP contribution in [0.15, 0.2) is 24.3 Å². The highest BCUT2D eigenvalue weighted by Crippen LogP contribution is 2.31. The number of benzene rings is 1. The SMILES string of the molecule is CCCc1ccc(C(O)C(O)(CC)CC)cc1. The average molecular weight is 236 g/mol. The fraction of sp³-hybridized carbons (Fsp3) is 0.600. The summed E-state index contributed by atoms with van der Waals surface area (Å²) in [5.74, 6) is 0. The lowest BCUT2D eigenvalue weighted by Crippen LogP contribution is -2.34. The third kappa shape index (κ3) is 3.30. The van der Waals surface area contributed by atoms with E-state index < -0.39 is 11.7 Å². The molecule has 17 heavy (non-hydrogen) atoms. The monoisotopic (exact) mass is 236 g/mol. The number of hydrogen-bond acceptors (Lipinski definition) is 2. The molecular formula is C15H24O2. The maximum absolute atomic E-state index is 10.3. The number of aliphatic hydroxyl groups excluding tert-OH is 1. The van der Waals surface area contributed by atoms with Gasteiger partial charge in [0, 0.05) is 0 Å². The van der Waals surface area contributed by atoms with Crippen LogP contribution in [0.2, 0.25) is 0 Å². The van der Waals surface area contributed by atoms with Crippen molar-refractivity contribution < 1.29 is 10.2 Å². The van der Waals surface area contributed by atoms with E-state index in [0.29, 0.717) is 12.8 Å². The molecule has 0 amide bonds. The van der Waals surface area contributed by atoms with Gasteiger partial charge in [0.05, 0.1) is 5.60 Å². The molecule has 0 aliphatic heterocycles. The van der Waals surface area contributed by atoms with E-state index in [1.165, 1.54) is 5.56 Å². The summed E-state index contributed by atoms with van der Waals surface area (Å²) in [7, 11) is 0. The molecule has 0 aromatic heterocycles. The zero-order chi connectivity index (χ0) is 12.9. The summed E-state index contributed by atoms with van der Waals surface area (Å²) in [6.07, 6.45) is 2.49. The molecule has 0 fully saturated rings. The lowest BCUT2D eigenvalue weighted by Gasteiger charge is -2.31. The molecule has 2 heteroatoms. The summed E-state index contributed by atoms with van der Waals surface area (Å²) in [4.78, 5) is 0. The third-order valence-electron chi connectivity index (χ3n) is 3.57. The molecule has 1 atom stereocenters. The van der Waals surface area contributed by atoms with E-state index in [1.807, 2.05) is 38.1 Å². The van der Waals surface area contributed by atoms with Gasteiger partial charge in [-0.25, -0.2) is 0 Å². The smallest absolute Gasteiger partial charge is 0.108 e. The first-order valence-corrected chi connectivity index (χ1v) is 6.56. The average Bonchev–Trinajstić information content (AvgIpc) is 2.38. The van der Waals surface area contributed by atoms with Crippen LogP contribution in [0.5, 0.6) is 0 Å². The largest absolute Gasteiger partial charge is 0.387 e. The van der Waals surface area contributed by atoms with Crippen LogP contribution in [0.4, 0.5) is 0 Å². The van der Waals surface area contributed by atoms with E-state index in [4.69, 9.17) is 0 Å². The lowest BCUT2D eigenvalue weighted by atomic mass is 9.86. The first-order chi connectivity index (χ1) is 8.07. The molecule has 0 radical (unpaired) electrons. The van der Waals surface area contributed by atoms with E-state index >= 15 is 0 Å². The zero-order valence-electron chi connectivity index (χ0n) is 11.1. The Morgan fingerprint density at radius 2 is 1.59 bits per heavy atom. The fourth-order valence-corrected chi connectivity index (χ4v) is 2.10. The molecule has 0 saturated carbocycles. The van der Waals surface area contributed by atoms with Crippen molar-refractivity contribution in [3.8, 4) is 0 Å². The minimum Gasteiger partial charge on any atom is -0.387 e. The predicted molar refractivity (Wildman–Crippen MR) is 70.9 cm³/mol. The van der Waals surface area contributed by atoms with Crippen molar-refractivity contribution in [1.29, 1.82) is 0 Å². The van der Waals surface area contributed by atoms with Crippen molar-refractivity contribution in [1.82, 2.24) is 0 Å². The second kappa shape index (κ2) is 6.18. The molecule has 1 unspecified atom stereocenters. The van der Waals surface area contributed by atoms with Gasteiger partial charge in [0.2, 0.25) is 0 Å². The van der Waals surface area contributed by atoms with Crippen LogP contribution in [0.25, 0.3) is 0 Å². The van der Waals surface area contributed by atoms with Crippen molar-refractivity contribution in [3.63, 3.8) is 0 Å². The Bertz CT molecular complexity index is 325. The van der Waals surface area contributed by atoms with Crippen molar-refractivity contribution in [2.45, 2.75) is 58.2 Å². The summed E-state index contributed by atoms with van der Waals surface area (Å²) >= 11 is 0. The Hall–Kier alpha value is -0.860. The summed E-state index contributed by atoms with van der Waals surface area (Å²) < 4.78 is 0. The predicted octanol–water partition coefficient (Wildman–Crippen LogP) is 3.22. The minimum atomic E-state index is -1.01. The molecule has 1 aromatic carbocycles. The molecule has 2 nitrogen and oxygen atoms in total. The van der Waals surface area contributed by atoms with Crippen LogP contribution < -0.4 is 0 Å². The molecule has 1 rings (SSSR count). The highest BCUT2D eigenvalue weighted by Gasteiger charge is 2.32. The Kier molecular flexibility index (Phi) is 5.16. The molecule has 96 valence electrons. The Labute approximate surface area is 104 Å². The first-order valence-electron chi connectivity index (χ1n) is 6.56. The van der Waals surface area contributed by atoms with Crippen molar-refractivity contribution in [2.75, 3.05) is 0 Å². The zero-order valence-corrected chi connectivity index (χ0v) is 11.1. The van der Waals surface area contributed by atoms with Gasteiger partial charge in [0.15, 0.2) is 0 Å². The number of aliphatic hydroxyl groups is 2. The van der Waals surface area contributed by atoms with Crippen molar-refractivity contribution >= 4 is 0 Å². The van der Waals surface area contributed by atoms with Gasteiger partial charge in [0.25, 0.3) is 0 Å². The van der Waals surface area contributed by atoms with Crippen molar-refractivity contribution in [3.05, 3.63) is 35.4 Å². The van der Waals surface area contributed by atoms with Gasteiger partial charge in [-0.15, -0.1) is 0 Å². The van der Waals surface area contributed by atoms with Gasteiger partial charge < -0.3 is 10.2 Å². The van der Waals surface area contributed by atoms with Crippen LogP contribution in [0.1, 0.15) is 57.3 Å². The Morgan fingerprint density at radius 1 is 1.06 bits per heavy atom. The number of aryl methyl sites for hydroxylation is 1. The number of rotatable bonds is 6. The van der Waals surface area contributed by atoms with E-state index in [0.717, 1.165) is 18.4 Å². The summed E-state index contributed by atoms with van der Waals surface area (Å²) in [6, 6.07) is 7.92. The molecule has 0 bridgehead atoms. The van der Waals surface area contributed by atoms with Gasteiger partial charge in [-0.3, -0.25) is 0 Å². The Balaban J connectivity index is 2.85. The quantitative estimate of drug-likeness (QED) is 0.796. The van der Waals surface area contributed by atoms with Crippen LogP contribution in [0, 0.1) is 0 Å². The molecular weight excluding hydrogens is 212 g/mol. The van der Waals surface area contributed by atoms with E-state index in [2.05, 4.69) is 6.92 Å². The molecule has 0 aliphatic rings. The minimum absolute atomic E-state index is 0.557. The van der Waals surface area contributed by atoms with Gasteiger partial charge in [-0.1, -0.05) is 51.5 Å². The maximum Gasteiger partial charge on any atom is 0.108 e. The van der Waals surface area contributed by atoms with Crippen LogP contribution in [-0.2, 0) is 6.42 Å². The summed E-state index contributed by atoms with van der Waals surface area (Å²) in [5, 5.41) is 20.5.